The molecule has 0 radical (unpaired) electrons. The second-order valence-corrected chi connectivity index (χ2v) is 6.69. The van der Waals surface area contributed by atoms with Crippen LogP contribution in [0.5, 0.6) is 0 Å². The molecule has 0 aliphatic rings. The summed E-state index contributed by atoms with van der Waals surface area (Å²) in [5.74, 6) is 0.922. The molecule has 0 saturated carbocycles. The molecule has 0 spiro atoms. The van der Waals surface area contributed by atoms with Crippen molar-refractivity contribution in [3.05, 3.63) is 70.3 Å². The molecular formula is C21H28O2. The topological polar surface area (TPSA) is 29.5 Å². The van der Waals surface area contributed by atoms with Crippen molar-refractivity contribution in [1.82, 2.24) is 0 Å². The summed E-state index contributed by atoms with van der Waals surface area (Å²) in [4.78, 5) is 0. The summed E-state index contributed by atoms with van der Waals surface area (Å²) in [5.41, 5.74) is 5.92. The van der Waals surface area contributed by atoms with Crippen molar-refractivity contribution in [3.63, 3.8) is 0 Å². The fourth-order valence-electron chi connectivity index (χ4n) is 2.96. The Bertz CT molecular complexity index is 629. The zero-order valence-electron chi connectivity index (χ0n) is 14.7. The molecule has 0 unspecified atom stereocenters. The predicted molar refractivity (Wildman–Crippen MR) is 95.5 cm³/mol. The maximum atomic E-state index is 9.55. The minimum Gasteiger partial charge on any atom is -0.392 e. The normalized spacial score (nSPS) is 11.4. The van der Waals surface area contributed by atoms with Crippen LogP contribution in [0.15, 0.2) is 42.5 Å². The lowest BCUT2D eigenvalue weighted by molar-refractivity contribution is 0.106. The maximum absolute atomic E-state index is 9.55. The van der Waals surface area contributed by atoms with E-state index in [-0.39, 0.29) is 6.61 Å². The van der Waals surface area contributed by atoms with Crippen molar-refractivity contribution in [2.75, 3.05) is 0 Å². The Morgan fingerprint density at radius 1 is 0.826 bits per heavy atom. The van der Waals surface area contributed by atoms with Gasteiger partial charge in [0.1, 0.15) is 0 Å². The molecular weight excluding hydrogens is 284 g/mol. The molecule has 0 bridgehead atoms. The molecule has 2 rings (SSSR count). The van der Waals surface area contributed by atoms with Gasteiger partial charge in [0, 0.05) is 0 Å². The molecule has 0 aromatic heterocycles. The van der Waals surface area contributed by atoms with E-state index in [9.17, 15) is 5.11 Å². The van der Waals surface area contributed by atoms with Crippen molar-refractivity contribution >= 4 is 0 Å². The third-order valence-corrected chi connectivity index (χ3v) is 4.20. The standard InChI is InChI=1S/C21H28O2/c1-15(2)20-8-6-5-7-18(20)14-23-13-17-9-10-21(16(3)4)19(11-17)12-22/h5-11,15-16,22H,12-14H2,1-4H3. The third kappa shape index (κ3) is 4.66. The van der Waals surface area contributed by atoms with Gasteiger partial charge in [-0.2, -0.15) is 0 Å². The van der Waals surface area contributed by atoms with E-state index in [1.165, 1.54) is 16.7 Å². The van der Waals surface area contributed by atoms with Crippen LogP contribution in [0.4, 0.5) is 0 Å². The Labute approximate surface area is 140 Å². The zero-order chi connectivity index (χ0) is 16.8. The van der Waals surface area contributed by atoms with E-state index >= 15 is 0 Å². The number of benzene rings is 2. The maximum Gasteiger partial charge on any atom is 0.0724 e. The van der Waals surface area contributed by atoms with Gasteiger partial charge in [-0.3, -0.25) is 0 Å². The van der Waals surface area contributed by atoms with Crippen LogP contribution in [0, 0.1) is 0 Å². The van der Waals surface area contributed by atoms with Crippen molar-refractivity contribution in [2.45, 2.75) is 59.4 Å². The van der Waals surface area contributed by atoms with E-state index in [0.717, 1.165) is 11.1 Å². The molecule has 0 saturated heterocycles. The summed E-state index contributed by atoms with van der Waals surface area (Å²) >= 11 is 0. The van der Waals surface area contributed by atoms with Crippen LogP contribution < -0.4 is 0 Å². The van der Waals surface area contributed by atoms with Crippen LogP contribution in [0.3, 0.4) is 0 Å². The molecule has 2 nitrogen and oxygen atoms in total. The van der Waals surface area contributed by atoms with Crippen LogP contribution in [0.1, 0.15) is 67.3 Å². The van der Waals surface area contributed by atoms with Crippen molar-refractivity contribution in [1.29, 1.82) is 0 Å². The highest BCUT2D eigenvalue weighted by molar-refractivity contribution is 5.33. The molecule has 124 valence electrons. The van der Waals surface area contributed by atoms with Crippen molar-refractivity contribution < 1.29 is 9.84 Å². The Kier molecular flexibility index (Phi) is 6.37. The summed E-state index contributed by atoms with van der Waals surface area (Å²) in [5, 5.41) is 9.55. The first-order chi connectivity index (χ1) is 11.0. The van der Waals surface area contributed by atoms with Gasteiger partial charge in [0.05, 0.1) is 19.8 Å². The lowest BCUT2D eigenvalue weighted by Crippen LogP contribution is -2.02. The first-order valence-corrected chi connectivity index (χ1v) is 8.41. The van der Waals surface area contributed by atoms with Gasteiger partial charge in [-0.25, -0.2) is 0 Å². The first-order valence-electron chi connectivity index (χ1n) is 8.41. The van der Waals surface area contributed by atoms with E-state index in [1.807, 2.05) is 0 Å². The van der Waals surface area contributed by atoms with Crippen LogP contribution in [0.25, 0.3) is 0 Å². The van der Waals surface area contributed by atoms with Gasteiger partial charge >= 0.3 is 0 Å². The van der Waals surface area contributed by atoms with E-state index in [0.29, 0.717) is 25.0 Å². The molecule has 0 fully saturated rings. The molecule has 0 aliphatic carbocycles. The lowest BCUT2D eigenvalue weighted by atomic mass is 9.96. The van der Waals surface area contributed by atoms with E-state index in [2.05, 4.69) is 70.2 Å². The number of ether oxygens (including phenoxy) is 1. The summed E-state index contributed by atoms with van der Waals surface area (Å²) in [6.07, 6.45) is 0. The van der Waals surface area contributed by atoms with Crippen LogP contribution in [0.2, 0.25) is 0 Å². The lowest BCUT2D eigenvalue weighted by Gasteiger charge is -2.15. The van der Waals surface area contributed by atoms with Gasteiger partial charge in [-0.05, 0) is 39.7 Å². The monoisotopic (exact) mass is 312 g/mol. The smallest absolute Gasteiger partial charge is 0.0724 e. The molecule has 0 aliphatic heterocycles. The van der Waals surface area contributed by atoms with Gasteiger partial charge < -0.3 is 9.84 Å². The molecule has 0 atom stereocenters. The van der Waals surface area contributed by atoms with E-state index in [4.69, 9.17) is 4.74 Å². The molecule has 0 heterocycles. The largest absolute Gasteiger partial charge is 0.392 e. The van der Waals surface area contributed by atoms with Crippen molar-refractivity contribution in [2.24, 2.45) is 0 Å². The molecule has 2 aromatic rings. The van der Waals surface area contributed by atoms with Gasteiger partial charge in [-0.1, -0.05) is 70.2 Å². The number of rotatable bonds is 7. The van der Waals surface area contributed by atoms with Gasteiger partial charge in [-0.15, -0.1) is 0 Å². The Hall–Kier alpha value is -1.64. The van der Waals surface area contributed by atoms with Gasteiger partial charge in [0.15, 0.2) is 0 Å². The predicted octanol–water partition coefficient (Wildman–Crippen LogP) is 5.14. The second kappa shape index (κ2) is 8.28. The summed E-state index contributed by atoms with van der Waals surface area (Å²) in [6, 6.07) is 14.7. The number of hydrogen-bond donors (Lipinski definition) is 1. The molecule has 23 heavy (non-hydrogen) atoms. The molecule has 2 heteroatoms. The Morgan fingerprint density at radius 3 is 2.13 bits per heavy atom. The Morgan fingerprint density at radius 2 is 1.48 bits per heavy atom. The van der Waals surface area contributed by atoms with Crippen LogP contribution in [-0.2, 0) is 24.6 Å². The molecule has 2 aromatic carbocycles. The highest BCUT2D eigenvalue weighted by Crippen LogP contribution is 2.23. The fraction of sp³-hybridized carbons (Fsp3) is 0.429. The fourth-order valence-corrected chi connectivity index (χ4v) is 2.96. The highest BCUT2D eigenvalue weighted by atomic mass is 16.5. The first kappa shape index (κ1) is 17.7. The van der Waals surface area contributed by atoms with Crippen LogP contribution in [-0.4, -0.2) is 5.11 Å². The minimum absolute atomic E-state index is 0.0809. The number of hydrogen-bond acceptors (Lipinski definition) is 2. The van der Waals surface area contributed by atoms with Crippen molar-refractivity contribution in [3.8, 4) is 0 Å². The highest BCUT2D eigenvalue weighted by Gasteiger charge is 2.08. The van der Waals surface area contributed by atoms with Crippen LogP contribution >= 0.6 is 0 Å². The number of aliphatic hydroxyl groups excluding tert-OH is 1. The molecule has 1 N–H and O–H groups in total. The Balaban J connectivity index is 2.02. The minimum atomic E-state index is 0.0809. The zero-order valence-corrected chi connectivity index (χ0v) is 14.7. The summed E-state index contributed by atoms with van der Waals surface area (Å²) < 4.78 is 5.91. The second-order valence-electron chi connectivity index (χ2n) is 6.69. The summed E-state index contributed by atoms with van der Waals surface area (Å²) in [7, 11) is 0. The average molecular weight is 312 g/mol. The molecule has 0 amide bonds. The average Bonchev–Trinajstić information content (AvgIpc) is 2.54. The quantitative estimate of drug-likeness (QED) is 0.767. The van der Waals surface area contributed by atoms with Gasteiger partial charge in [0.25, 0.3) is 0 Å². The third-order valence-electron chi connectivity index (χ3n) is 4.20. The number of aliphatic hydroxyl groups is 1. The van der Waals surface area contributed by atoms with Gasteiger partial charge in [0.2, 0.25) is 0 Å². The van der Waals surface area contributed by atoms with E-state index in [1.54, 1.807) is 0 Å². The summed E-state index contributed by atoms with van der Waals surface area (Å²) in [6.45, 7) is 9.97. The SMILES string of the molecule is CC(C)c1ccc(COCc2ccccc2C(C)C)cc1CO. The van der Waals surface area contributed by atoms with E-state index < -0.39 is 0 Å².